The molecule has 7 aliphatic rings. The molecule has 7 heterocycles. The third-order valence-electron chi connectivity index (χ3n) is 12.0. The van der Waals surface area contributed by atoms with Gasteiger partial charge in [0.1, 0.15) is 0 Å². The van der Waals surface area contributed by atoms with E-state index in [1.54, 1.807) is 0 Å². The molecule has 24 heteroatoms. The number of carbonyl (C=O) groups excluding carboxylic acids is 1. The Hall–Kier alpha value is -2.00. The van der Waals surface area contributed by atoms with Crippen molar-refractivity contribution >= 4 is 71.0 Å². The summed E-state index contributed by atoms with van der Waals surface area (Å²) in [5, 5.41) is 2.10. The maximum atomic E-state index is 14.1. The summed E-state index contributed by atoms with van der Waals surface area (Å²) in [7, 11) is -15.7. The van der Waals surface area contributed by atoms with E-state index in [2.05, 4.69) is 29.2 Å². The van der Waals surface area contributed by atoms with Crippen LogP contribution in [-0.2, 0) is 41.5 Å². The fourth-order valence-electron chi connectivity index (χ4n) is 8.96. The topological polar surface area (TPSA) is 198 Å². The Bertz CT molecular complexity index is 2050. The largest absolute Gasteiger partial charge is 0.741 e. The van der Waals surface area contributed by atoms with Gasteiger partial charge in [-0.1, -0.05) is 0 Å². The number of primary amides is 1. The summed E-state index contributed by atoms with van der Waals surface area (Å²) in [6.45, 7) is 11.6. The number of amides is 1. The van der Waals surface area contributed by atoms with Gasteiger partial charge in [-0.3, -0.25) is 4.79 Å². The Morgan fingerprint density at radius 2 is 1.25 bits per heavy atom. The molecule has 1 amide bonds. The van der Waals surface area contributed by atoms with Crippen molar-refractivity contribution in [1.29, 1.82) is 0 Å². The van der Waals surface area contributed by atoms with Crippen molar-refractivity contribution in [2.75, 3.05) is 80.9 Å². The van der Waals surface area contributed by atoms with Gasteiger partial charge in [0.05, 0.1) is 0 Å². The number of quaternary nitrogens is 2. The van der Waals surface area contributed by atoms with E-state index in [-0.39, 0.29) is 5.91 Å². The van der Waals surface area contributed by atoms with Crippen LogP contribution in [0.15, 0.2) is 35.2 Å². The van der Waals surface area contributed by atoms with Crippen LogP contribution in [0.25, 0.3) is 10.8 Å². The number of piperazine rings is 3. The molecule has 9 rings (SSSR count). The van der Waals surface area contributed by atoms with Crippen LogP contribution in [0.3, 0.4) is 0 Å². The third kappa shape index (κ3) is 9.88. The molecule has 7 aliphatic heterocycles. The number of carbonyl (C=O) groups is 1. The maximum absolute atomic E-state index is 14.1. The summed E-state index contributed by atoms with van der Waals surface area (Å²) in [6.07, 6.45) is 4.73. The Labute approximate surface area is 326 Å². The van der Waals surface area contributed by atoms with Crippen molar-refractivity contribution in [3.63, 3.8) is 0 Å². The zero-order chi connectivity index (χ0) is 41.6. The van der Waals surface area contributed by atoms with Crippen molar-refractivity contribution in [3.05, 3.63) is 35.9 Å². The van der Waals surface area contributed by atoms with Crippen molar-refractivity contribution < 1.29 is 74.5 Å². The molecule has 0 saturated carbocycles. The number of rotatable bonds is 7. The molecular formula is C32H45F6N5O9S3Sn. The molecule has 56 heavy (non-hydrogen) atoms. The number of nitrogens with two attached hydrogens (primary N) is 1. The van der Waals surface area contributed by atoms with Crippen molar-refractivity contribution in [3.8, 4) is 0 Å². The average molecular weight is 973 g/mol. The van der Waals surface area contributed by atoms with Gasteiger partial charge in [0.15, 0.2) is 26.8 Å². The predicted molar refractivity (Wildman–Crippen MR) is 193 cm³/mol. The third-order valence-corrected chi connectivity index (χ3v) is 30.5. The first-order valence-corrected chi connectivity index (χ1v) is 30.4. The molecule has 0 radical (unpaired) electrons. The number of fused-ring (bicyclic) bond motifs is 9. The Morgan fingerprint density at radius 1 is 0.786 bits per heavy atom. The Kier molecular flexibility index (Phi) is 13.1. The monoisotopic (exact) mass is 973 g/mol. The number of hydrogen-bond donors (Lipinski definition) is 1. The van der Waals surface area contributed by atoms with E-state index in [0.717, 1.165) is 82.2 Å². The molecule has 0 atom stereocenters. The molecule has 14 nitrogen and oxygen atoms in total. The first-order chi connectivity index (χ1) is 25.7. The second kappa shape index (κ2) is 16.2. The van der Waals surface area contributed by atoms with Gasteiger partial charge in [0.2, 0.25) is 0 Å². The summed E-state index contributed by atoms with van der Waals surface area (Å²) in [5.74, 6) is -0.182. The molecule has 2 aromatic rings. The molecule has 2 aromatic carbocycles. The van der Waals surface area contributed by atoms with Gasteiger partial charge < -0.3 is 14.8 Å². The smallest absolute Gasteiger partial charge is 0.485 e. The summed E-state index contributed by atoms with van der Waals surface area (Å²) >= 11 is -2.65. The van der Waals surface area contributed by atoms with Gasteiger partial charge >= 0.3 is 232 Å². The maximum Gasteiger partial charge on any atom is 0.485 e. The molecule has 0 aliphatic carbocycles. The zero-order valence-electron chi connectivity index (χ0n) is 30.4. The number of hydrogen-bond acceptors (Lipinski definition) is 10. The SMILES string of the molecule is NC(=O)C[N+]12CC[N+](CCc3ccc4c5c(cccc35)N([CH2][Sn]35[CH2]CCN(CC[CH2]3)CC[CH2]5)S4(=O)=O)(CC1)CC2.O=S(=O)([O-])C(F)(F)F.O=S(=O)([O-])C(F)(F)F. The van der Waals surface area contributed by atoms with E-state index < -0.39 is 59.7 Å². The fraction of sp³-hybridized carbons (Fsp3) is 0.656. The quantitative estimate of drug-likeness (QED) is 0.142. The number of anilines is 1. The van der Waals surface area contributed by atoms with Gasteiger partial charge in [-0.15, -0.1) is 0 Å². The molecule has 0 unspecified atom stereocenters. The molecule has 4 bridgehead atoms. The Balaban J connectivity index is 0.000000317. The molecule has 6 saturated heterocycles. The van der Waals surface area contributed by atoms with Crippen LogP contribution in [0.5, 0.6) is 0 Å². The van der Waals surface area contributed by atoms with E-state index in [1.165, 1.54) is 57.8 Å². The molecular weight excluding hydrogens is 927 g/mol. The van der Waals surface area contributed by atoms with Gasteiger partial charge in [0, 0.05) is 0 Å². The predicted octanol–water partition coefficient (Wildman–Crippen LogP) is 2.63. The number of sulfonamides is 1. The van der Waals surface area contributed by atoms with Crippen LogP contribution in [0.1, 0.15) is 24.8 Å². The van der Waals surface area contributed by atoms with Gasteiger partial charge in [-0.05, 0) is 0 Å². The van der Waals surface area contributed by atoms with Crippen molar-refractivity contribution in [2.24, 2.45) is 5.73 Å². The number of nitrogens with zero attached hydrogens (tertiary/aromatic N) is 4. The summed E-state index contributed by atoms with van der Waals surface area (Å²) in [6, 6.07) is 10.3. The van der Waals surface area contributed by atoms with Crippen LogP contribution in [0, 0.1) is 0 Å². The van der Waals surface area contributed by atoms with E-state index in [9.17, 15) is 39.6 Å². The summed E-state index contributed by atoms with van der Waals surface area (Å²) in [5.41, 5.74) is -3.50. The van der Waals surface area contributed by atoms with Gasteiger partial charge in [-0.25, -0.2) is 16.8 Å². The standard InChI is InChI=1S/C21H26N4O3S.C9H18N.2CHF3O3S.Sn/c1-23-18-4-2-3-17-16(5-6-19(21(17)18)29(23,27)28)7-8-24-9-12-25(13-10-24,14-11-24)15-20(22)26;1-4-7-10(8-5-2)9-6-3;2*2-1(3,4)8(5,6)7;/h2-6H,1,7-15H2,(H-,22,26);1-9H2;2*(H,5,6,7);/q+1;;;;/p-1. The second-order valence-corrected chi connectivity index (χ2v) is 33.8. The number of benzene rings is 2. The zero-order valence-corrected chi connectivity index (χ0v) is 35.7. The molecule has 0 spiro atoms. The molecule has 316 valence electrons. The molecule has 0 aromatic heterocycles. The minimum Gasteiger partial charge on any atom is -0.741 e. The van der Waals surface area contributed by atoms with Crippen LogP contribution in [-0.4, -0.2) is 160 Å². The molecule has 6 fully saturated rings. The van der Waals surface area contributed by atoms with Crippen molar-refractivity contribution in [1.82, 2.24) is 4.90 Å². The minimum absolute atomic E-state index is 0.182. The van der Waals surface area contributed by atoms with Crippen LogP contribution in [0.2, 0.25) is 13.3 Å². The molecule has 2 N–H and O–H groups in total. The number of alkyl halides is 6. The van der Waals surface area contributed by atoms with E-state index in [1.807, 2.05) is 10.4 Å². The summed E-state index contributed by atoms with van der Waals surface area (Å²) < 4.78 is 155. The number of halogens is 6. The van der Waals surface area contributed by atoms with Gasteiger partial charge in [-0.2, -0.15) is 26.3 Å². The Morgan fingerprint density at radius 3 is 1.70 bits per heavy atom. The second-order valence-electron chi connectivity index (χ2n) is 15.5. The van der Waals surface area contributed by atoms with E-state index in [4.69, 9.17) is 31.7 Å². The average Bonchev–Trinajstić information content (AvgIpc) is 3.26. The minimum atomic E-state index is -6.09. The summed E-state index contributed by atoms with van der Waals surface area (Å²) in [4.78, 5) is 14.8. The van der Waals surface area contributed by atoms with Crippen molar-refractivity contribution in [2.45, 2.75) is 54.9 Å². The first kappa shape index (κ1) is 45.1. The van der Waals surface area contributed by atoms with Crippen LogP contribution >= 0.6 is 0 Å². The van der Waals surface area contributed by atoms with E-state index >= 15 is 0 Å². The van der Waals surface area contributed by atoms with E-state index in [0.29, 0.717) is 11.4 Å². The van der Waals surface area contributed by atoms with Gasteiger partial charge in [0.25, 0.3) is 5.91 Å². The first-order valence-electron chi connectivity index (χ1n) is 18.0. The normalized spacial score (nSPS) is 28.6. The fourth-order valence-corrected chi connectivity index (χ4v) is 27.3. The van der Waals surface area contributed by atoms with Crippen LogP contribution in [0.4, 0.5) is 32.0 Å². The van der Waals surface area contributed by atoms with Crippen LogP contribution < -0.4 is 10.0 Å².